The molecule has 1 saturated heterocycles. The number of ether oxygens (including phenoxy) is 3. The minimum Gasteiger partial charge on any atom is -0.378 e. The smallest absolute Gasteiger partial charge is 0.163 e. The summed E-state index contributed by atoms with van der Waals surface area (Å²) in [6.45, 7) is 7.87. The van der Waals surface area contributed by atoms with Gasteiger partial charge in [0.2, 0.25) is 0 Å². The molecule has 6 nitrogen and oxygen atoms in total. The van der Waals surface area contributed by atoms with Crippen LogP contribution >= 0.6 is 0 Å². The summed E-state index contributed by atoms with van der Waals surface area (Å²) in [5.41, 5.74) is 17.3. The Bertz CT molecular complexity index is 292. The van der Waals surface area contributed by atoms with Gasteiger partial charge in [0.05, 0.1) is 19.8 Å². The van der Waals surface area contributed by atoms with E-state index in [0.29, 0.717) is 39.5 Å². The summed E-state index contributed by atoms with van der Waals surface area (Å²) in [6, 6.07) is 0. The predicted molar refractivity (Wildman–Crippen MR) is 93.0 cm³/mol. The van der Waals surface area contributed by atoms with Crippen molar-refractivity contribution in [3.8, 4) is 0 Å². The maximum atomic E-state index is 6.04. The second-order valence-corrected chi connectivity index (χ2v) is 7.14. The van der Waals surface area contributed by atoms with Gasteiger partial charge in [-0.3, -0.25) is 0 Å². The zero-order valence-corrected chi connectivity index (χ0v) is 15.0. The van der Waals surface area contributed by atoms with Crippen LogP contribution in [-0.2, 0) is 14.2 Å². The van der Waals surface area contributed by atoms with E-state index in [1.165, 1.54) is 0 Å². The van der Waals surface area contributed by atoms with Gasteiger partial charge in [-0.1, -0.05) is 0 Å². The highest BCUT2D eigenvalue weighted by atomic mass is 16.7. The molecule has 0 bridgehead atoms. The van der Waals surface area contributed by atoms with E-state index < -0.39 is 5.79 Å². The third-order valence-corrected chi connectivity index (χ3v) is 4.51. The van der Waals surface area contributed by atoms with Gasteiger partial charge in [-0.15, -0.1) is 0 Å². The fourth-order valence-electron chi connectivity index (χ4n) is 3.27. The minimum absolute atomic E-state index is 0.0150. The monoisotopic (exact) mass is 331 g/mol. The van der Waals surface area contributed by atoms with Crippen molar-refractivity contribution in [1.82, 2.24) is 0 Å². The van der Waals surface area contributed by atoms with Crippen molar-refractivity contribution in [2.45, 2.75) is 64.3 Å². The third-order valence-electron chi connectivity index (χ3n) is 4.51. The summed E-state index contributed by atoms with van der Waals surface area (Å²) in [6.07, 6.45) is 6.24. The lowest BCUT2D eigenvalue weighted by Gasteiger charge is -2.34. The quantitative estimate of drug-likeness (QED) is 0.470. The highest BCUT2D eigenvalue weighted by molar-refractivity contribution is 4.81. The summed E-state index contributed by atoms with van der Waals surface area (Å²) in [5, 5.41) is 0. The summed E-state index contributed by atoms with van der Waals surface area (Å²) in [4.78, 5) is 0. The number of rotatable bonds is 13. The van der Waals surface area contributed by atoms with Crippen LogP contribution in [0.15, 0.2) is 0 Å². The maximum Gasteiger partial charge on any atom is 0.163 e. The molecule has 0 aliphatic carbocycles. The summed E-state index contributed by atoms with van der Waals surface area (Å²) in [5.74, 6) is -0.496. The first-order valence-electron chi connectivity index (χ1n) is 8.97. The first kappa shape index (κ1) is 20.8. The van der Waals surface area contributed by atoms with Crippen LogP contribution in [0.4, 0.5) is 0 Å². The Morgan fingerprint density at radius 1 is 1.00 bits per heavy atom. The molecule has 1 heterocycles. The van der Waals surface area contributed by atoms with Crippen molar-refractivity contribution < 1.29 is 14.2 Å². The molecule has 23 heavy (non-hydrogen) atoms. The van der Waals surface area contributed by atoms with Gasteiger partial charge in [0.25, 0.3) is 0 Å². The molecule has 0 amide bonds. The Hall–Kier alpha value is -0.240. The van der Waals surface area contributed by atoms with Gasteiger partial charge in [0, 0.05) is 0 Å². The van der Waals surface area contributed by atoms with E-state index in [1.807, 2.05) is 13.8 Å². The molecule has 1 aliphatic rings. The zero-order chi connectivity index (χ0) is 17.2. The number of hydrogen-bond acceptors (Lipinski definition) is 6. The van der Waals surface area contributed by atoms with Crippen LogP contribution in [-0.4, -0.2) is 51.3 Å². The molecular weight excluding hydrogens is 294 g/mol. The van der Waals surface area contributed by atoms with Gasteiger partial charge in [-0.2, -0.15) is 0 Å². The van der Waals surface area contributed by atoms with Crippen molar-refractivity contribution in [3.05, 3.63) is 0 Å². The molecule has 0 aromatic heterocycles. The van der Waals surface area contributed by atoms with Crippen LogP contribution in [0.2, 0.25) is 0 Å². The van der Waals surface area contributed by atoms with Crippen molar-refractivity contribution in [1.29, 1.82) is 0 Å². The lowest BCUT2D eigenvalue weighted by atomic mass is 9.76. The van der Waals surface area contributed by atoms with Gasteiger partial charge in [0.1, 0.15) is 6.10 Å². The molecule has 0 aromatic carbocycles. The van der Waals surface area contributed by atoms with Crippen molar-refractivity contribution in [2.75, 3.05) is 39.5 Å². The third kappa shape index (κ3) is 7.92. The molecule has 1 atom stereocenters. The molecule has 6 heteroatoms. The Morgan fingerprint density at radius 2 is 1.52 bits per heavy atom. The normalized spacial score (nSPS) is 21.0. The fraction of sp³-hybridized carbons (Fsp3) is 1.00. The van der Waals surface area contributed by atoms with Crippen LogP contribution in [0.5, 0.6) is 0 Å². The Labute approximate surface area is 141 Å². The maximum absolute atomic E-state index is 6.04. The van der Waals surface area contributed by atoms with E-state index in [-0.39, 0.29) is 11.5 Å². The van der Waals surface area contributed by atoms with Crippen LogP contribution < -0.4 is 17.2 Å². The SMILES string of the molecule is CC1(C)OCC(COCC(CCCN)(CCCN)CCCN)O1. The minimum atomic E-state index is -0.496. The lowest BCUT2D eigenvalue weighted by Crippen LogP contribution is -2.32. The molecule has 1 fully saturated rings. The Kier molecular flexibility index (Phi) is 9.58. The summed E-state index contributed by atoms with van der Waals surface area (Å²) >= 11 is 0. The number of nitrogens with two attached hydrogens (primary N) is 3. The molecule has 138 valence electrons. The van der Waals surface area contributed by atoms with Crippen LogP contribution in [0.25, 0.3) is 0 Å². The first-order valence-corrected chi connectivity index (χ1v) is 8.97. The molecule has 0 saturated carbocycles. The number of hydrogen-bond donors (Lipinski definition) is 3. The molecule has 6 N–H and O–H groups in total. The van der Waals surface area contributed by atoms with Gasteiger partial charge in [0.15, 0.2) is 5.79 Å². The average Bonchev–Trinajstić information content (AvgIpc) is 2.87. The second kappa shape index (κ2) is 10.6. The van der Waals surface area contributed by atoms with E-state index in [4.69, 9.17) is 31.4 Å². The van der Waals surface area contributed by atoms with Gasteiger partial charge in [-0.25, -0.2) is 0 Å². The largest absolute Gasteiger partial charge is 0.378 e. The summed E-state index contributed by atoms with van der Waals surface area (Å²) in [7, 11) is 0. The summed E-state index contributed by atoms with van der Waals surface area (Å²) < 4.78 is 17.4. The fourth-order valence-corrected chi connectivity index (χ4v) is 3.27. The molecule has 0 radical (unpaired) electrons. The van der Waals surface area contributed by atoms with Crippen molar-refractivity contribution in [3.63, 3.8) is 0 Å². The average molecular weight is 332 g/mol. The highest BCUT2D eigenvalue weighted by Gasteiger charge is 2.34. The van der Waals surface area contributed by atoms with Gasteiger partial charge >= 0.3 is 0 Å². The molecule has 0 aromatic rings. The Balaban J connectivity index is 2.51. The Morgan fingerprint density at radius 3 is 1.91 bits per heavy atom. The van der Waals surface area contributed by atoms with Crippen LogP contribution in [0.1, 0.15) is 52.4 Å². The van der Waals surface area contributed by atoms with Crippen LogP contribution in [0, 0.1) is 5.41 Å². The second-order valence-electron chi connectivity index (χ2n) is 7.14. The van der Waals surface area contributed by atoms with Gasteiger partial charge in [-0.05, 0) is 77.4 Å². The zero-order valence-electron chi connectivity index (χ0n) is 15.0. The van der Waals surface area contributed by atoms with Gasteiger partial charge < -0.3 is 31.4 Å². The lowest BCUT2D eigenvalue weighted by molar-refractivity contribution is -0.147. The predicted octanol–water partition coefficient (Wildman–Crippen LogP) is 1.36. The van der Waals surface area contributed by atoms with E-state index in [2.05, 4.69) is 0 Å². The molecular formula is C17H37N3O3. The van der Waals surface area contributed by atoms with E-state index in [0.717, 1.165) is 38.5 Å². The molecule has 1 aliphatic heterocycles. The first-order chi connectivity index (χ1) is 11.0. The molecule has 0 spiro atoms. The van der Waals surface area contributed by atoms with Crippen molar-refractivity contribution >= 4 is 0 Å². The highest BCUT2D eigenvalue weighted by Crippen LogP contribution is 2.35. The molecule has 1 rings (SSSR count). The van der Waals surface area contributed by atoms with E-state index >= 15 is 0 Å². The molecule has 1 unspecified atom stereocenters. The van der Waals surface area contributed by atoms with E-state index in [1.54, 1.807) is 0 Å². The standard InChI is InChI=1S/C17H37N3O3/c1-16(2)22-13-15(23-16)12-21-14-17(6-3-9-18,7-4-10-19)8-5-11-20/h15H,3-14,18-20H2,1-2H3. The topological polar surface area (TPSA) is 106 Å². The van der Waals surface area contributed by atoms with Crippen molar-refractivity contribution in [2.24, 2.45) is 22.6 Å². The van der Waals surface area contributed by atoms with E-state index in [9.17, 15) is 0 Å². The van der Waals surface area contributed by atoms with Crippen LogP contribution in [0.3, 0.4) is 0 Å².